The molecule has 0 aliphatic carbocycles. The zero-order valence-electron chi connectivity index (χ0n) is 6.40. The minimum Gasteiger partial charge on any atom is -0.406 e. The van der Waals surface area contributed by atoms with Gasteiger partial charge in [0, 0.05) is 13.0 Å². The molecule has 5 heteroatoms. The Kier molecular flexibility index (Phi) is 2.82. The maximum atomic E-state index is 10.2. The Morgan fingerprint density at radius 1 is 1.58 bits per heavy atom. The monoisotopic (exact) mass is 171 g/mol. The SMILES string of the molecule is O=[N+]([O-])c1ccc(CCCO)o1. The summed E-state index contributed by atoms with van der Waals surface area (Å²) >= 11 is 0. The molecule has 0 saturated heterocycles. The Morgan fingerprint density at radius 3 is 2.83 bits per heavy atom. The summed E-state index contributed by atoms with van der Waals surface area (Å²) < 4.78 is 4.84. The molecule has 1 heterocycles. The van der Waals surface area contributed by atoms with Crippen molar-refractivity contribution in [2.45, 2.75) is 12.8 Å². The van der Waals surface area contributed by atoms with Crippen molar-refractivity contribution in [2.75, 3.05) is 6.61 Å². The van der Waals surface area contributed by atoms with Gasteiger partial charge in [0.15, 0.2) is 0 Å². The van der Waals surface area contributed by atoms with E-state index >= 15 is 0 Å². The quantitative estimate of drug-likeness (QED) is 0.543. The molecule has 0 aliphatic heterocycles. The van der Waals surface area contributed by atoms with Crippen molar-refractivity contribution in [1.29, 1.82) is 0 Å². The van der Waals surface area contributed by atoms with Crippen LogP contribution in [-0.4, -0.2) is 16.6 Å². The fourth-order valence-electron chi connectivity index (χ4n) is 0.852. The molecule has 0 fully saturated rings. The van der Waals surface area contributed by atoms with Crippen LogP contribution in [0.25, 0.3) is 0 Å². The summed E-state index contributed by atoms with van der Waals surface area (Å²) in [6.07, 6.45) is 1.09. The third-order valence-electron chi connectivity index (χ3n) is 1.41. The molecule has 0 aliphatic rings. The number of nitro groups is 1. The van der Waals surface area contributed by atoms with E-state index in [0.717, 1.165) is 0 Å². The first-order chi connectivity index (χ1) is 5.74. The van der Waals surface area contributed by atoms with E-state index in [4.69, 9.17) is 9.52 Å². The van der Waals surface area contributed by atoms with Crippen molar-refractivity contribution < 1.29 is 14.4 Å². The molecule has 1 aromatic heterocycles. The van der Waals surface area contributed by atoms with Gasteiger partial charge < -0.3 is 9.52 Å². The predicted octanol–water partition coefficient (Wildman–Crippen LogP) is 1.11. The number of hydrogen-bond acceptors (Lipinski definition) is 4. The van der Waals surface area contributed by atoms with E-state index < -0.39 is 4.92 Å². The highest BCUT2D eigenvalue weighted by atomic mass is 16.6. The molecule has 66 valence electrons. The van der Waals surface area contributed by atoms with Crippen LogP contribution in [0.4, 0.5) is 5.88 Å². The highest BCUT2D eigenvalue weighted by molar-refractivity contribution is 5.17. The lowest BCUT2D eigenvalue weighted by molar-refractivity contribution is -0.402. The summed E-state index contributed by atoms with van der Waals surface area (Å²) in [5.41, 5.74) is 0. The predicted molar refractivity (Wildman–Crippen MR) is 40.8 cm³/mol. The molecule has 0 spiro atoms. The molecule has 0 radical (unpaired) electrons. The molecule has 0 bridgehead atoms. The van der Waals surface area contributed by atoms with E-state index in [1.165, 1.54) is 6.07 Å². The molecule has 1 aromatic rings. The second-order valence-electron chi connectivity index (χ2n) is 2.32. The molecular formula is C7H9NO4. The topological polar surface area (TPSA) is 76.5 Å². The van der Waals surface area contributed by atoms with Crippen molar-refractivity contribution in [3.8, 4) is 0 Å². The van der Waals surface area contributed by atoms with Crippen molar-refractivity contribution in [2.24, 2.45) is 0 Å². The molecule has 0 aromatic carbocycles. The fourth-order valence-corrected chi connectivity index (χ4v) is 0.852. The van der Waals surface area contributed by atoms with Gasteiger partial charge in [-0.25, -0.2) is 0 Å². The van der Waals surface area contributed by atoms with E-state index in [2.05, 4.69) is 0 Å². The third kappa shape index (κ3) is 2.06. The van der Waals surface area contributed by atoms with Gasteiger partial charge in [0.2, 0.25) is 0 Å². The normalized spacial score (nSPS) is 10.1. The highest BCUT2D eigenvalue weighted by Gasteiger charge is 2.10. The first kappa shape index (κ1) is 8.73. The molecular weight excluding hydrogens is 162 g/mol. The molecule has 0 amide bonds. The smallest absolute Gasteiger partial charge is 0.406 e. The molecule has 5 nitrogen and oxygen atoms in total. The van der Waals surface area contributed by atoms with E-state index in [9.17, 15) is 10.1 Å². The zero-order chi connectivity index (χ0) is 8.97. The highest BCUT2D eigenvalue weighted by Crippen LogP contribution is 2.16. The van der Waals surface area contributed by atoms with Crippen LogP contribution >= 0.6 is 0 Å². The average molecular weight is 171 g/mol. The molecule has 1 rings (SSSR count). The van der Waals surface area contributed by atoms with Gasteiger partial charge in [-0.1, -0.05) is 0 Å². The van der Waals surface area contributed by atoms with Gasteiger partial charge in [-0.05, 0) is 12.5 Å². The summed E-state index contributed by atoms with van der Waals surface area (Å²) in [7, 11) is 0. The van der Waals surface area contributed by atoms with Gasteiger partial charge in [-0.2, -0.15) is 0 Å². The lowest BCUT2D eigenvalue weighted by atomic mass is 10.3. The lowest BCUT2D eigenvalue weighted by Crippen LogP contribution is -1.87. The summed E-state index contributed by atoms with van der Waals surface area (Å²) in [5, 5.41) is 18.6. The van der Waals surface area contributed by atoms with E-state index in [1.807, 2.05) is 0 Å². The average Bonchev–Trinajstić information content (AvgIpc) is 2.48. The van der Waals surface area contributed by atoms with Crippen LogP contribution in [0, 0.1) is 10.1 Å². The largest absolute Gasteiger partial charge is 0.433 e. The fraction of sp³-hybridized carbons (Fsp3) is 0.429. The minimum atomic E-state index is -0.581. The first-order valence-corrected chi connectivity index (χ1v) is 3.58. The van der Waals surface area contributed by atoms with Crippen molar-refractivity contribution in [3.05, 3.63) is 28.0 Å². The number of hydrogen-bond donors (Lipinski definition) is 1. The standard InChI is InChI=1S/C7H9NO4/c9-5-1-2-6-3-4-7(12-6)8(10)11/h3-4,9H,1-2,5H2. The van der Waals surface area contributed by atoms with Gasteiger partial charge in [-0.3, -0.25) is 10.1 Å². The number of aliphatic hydroxyl groups is 1. The number of nitrogens with zero attached hydrogens (tertiary/aromatic N) is 1. The van der Waals surface area contributed by atoms with Gasteiger partial charge >= 0.3 is 5.88 Å². The molecule has 12 heavy (non-hydrogen) atoms. The summed E-state index contributed by atoms with van der Waals surface area (Å²) in [5.74, 6) is 0.290. The van der Waals surface area contributed by atoms with Crippen molar-refractivity contribution in [3.63, 3.8) is 0 Å². The Balaban J connectivity index is 2.58. The van der Waals surface area contributed by atoms with E-state index in [1.54, 1.807) is 6.07 Å². The Hall–Kier alpha value is -1.36. The van der Waals surface area contributed by atoms with Crippen molar-refractivity contribution >= 4 is 5.88 Å². The number of aryl methyl sites for hydroxylation is 1. The molecule has 0 atom stereocenters. The maximum absolute atomic E-state index is 10.2. The van der Waals surface area contributed by atoms with Gasteiger partial charge in [-0.15, -0.1) is 0 Å². The van der Waals surface area contributed by atoms with Gasteiger partial charge in [0.1, 0.15) is 10.7 Å². The van der Waals surface area contributed by atoms with Crippen LogP contribution in [0.1, 0.15) is 12.2 Å². The third-order valence-corrected chi connectivity index (χ3v) is 1.41. The Bertz CT molecular complexity index is 268. The second-order valence-corrected chi connectivity index (χ2v) is 2.32. The Labute approximate surface area is 68.8 Å². The van der Waals surface area contributed by atoms with Crippen LogP contribution in [0.15, 0.2) is 16.5 Å². The van der Waals surface area contributed by atoms with Gasteiger partial charge in [0.25, 0.3) is 0 Å². The maximum Gasteiger partial charge on any atom is 0.433 e. The summed E-state index contributed by atoms with van der Waals surface area (Å²) in [6, 6.07) is 2.86. The van der Waals surface area contributed by atoms with Crippen LogP contribution in [0.3, 0.4) is 0 Å². The van der Waals surface area contributed by atoms with E-state index in [-0.39, 0.29) is 12.5 Å². The molecule has 0 saturated carbocycles. The number of rotatable bonds is 4. The second kappa shape index (κ2) is 3.87. The minimum absolute atomic E-state index is 0.0640. The number of furan rings is 1. The molecule has 1 N–H and O–H groups in total. The van der Waals surface area contributed by atoms with Crippen molar-refractivity contribution in [1.82, 2.24) is 0 Å². The van der Waals surface area contributed by atoms with Crippen LogP contribution < -0.4 is 0 Å². The summed E-state index contributed by atoms with van der Waals surface area (Å²) in [6.45, 7) is 0.0640. The van der Waals surface area contributed by atoms with Crippen LogP contribution in [0.5, 0.6) is 0 Å². The zero-order valence-corrected chi connectivity index (χ0v) is 6.40. The van der Waals surface area contributed by atoms with E-state index in [0.29, 0.717) is 18.6 Å². The summed E-state index contributed by atoms with van der Waals surface area (Å²) in [4.78, 5) is 9.57. The number of aliphatic hydroxyl groups excluding tert-OH is 1. The first-order valence-electron chi connectivity index (χ1n) is 3.58. The van der Waals surface area contributed by atoms with Crippen LogP contribution in [0.2, 0.25) is 0 Å². The Morgan fingerprint density at radius 2 is 2.33 bits per heavy atom. The lowest BCUT2D eigenvalue weighted by Gasteiger charge is -1.90. The van der Waals surface area contributed by atoms with Crippen LogP contribution in [-0.2, 0) is 6.42 Å². The van der Waals surface area contributed by atoms with Gasteiger partial charge in [0.05, 0.1) is 6.07 Å². The molecule has 0 unspecified atom stereocenters.